The van der Waals surface area contributed by atoms with Crippen LogP contribution >= 0.6 is 45.9 Å². The number of halogens is 2. The lowest BCUT2D eigenvalue weighted by atomic mass is 9.99. The summed E-state index contributed by atoms with van der Waals surface area (Å²) >= 11 is 15.7. The van der Waals surface area contributed by atoms with Gasteiger partial charge in [-0.3, -0.25) is 28.7 Å². The normalized spacial score (nSPS) is 15.0. The molecule has 17 heteroatoms. The van der Waals surface area contributed by atoms with Crippen molar-refractivity contribution in [2.45, 2.75) is 72.9 Å². The number of pyridine rings is 1. The first-order chi connectivity index (χ1) is 30.8. The molecule has 13 nitrogen and oxygen atoms in total. The number of hydrogen-bond acceptors (Lipinski definition) is 13. The summed E-state index contributed by atoms with van der Waals surface area (Å²) in [5, 5.41) is 20.9. The van der Waals surface area contributed by atoms with Crippen molar-refractivity contribution < 1.29 is 19.1 Å². The van der Waals surface area contributed by atoms with Crippen LogP contribution in [0.1, 0.15) is 96.9 Å². The van der Waals surface area contributed by atoms with Crippen molar-refractivity contribution in [1.29, 1.82) is 0 Å². The number of aromatic nitrogens is 7. The van der Waals surface area contributed by atoms with E-state index in [-0.39, 0.29) is 37.4 Å². The second-order valence-electron chi connectivity index (χ2n) is 15.6. The van der Waals surface area contributed by atoms with Crippen molar-refractivity contribution in [3.8, 4) is 15.9 Å². The Kier molecular flexibility index (Phi) is 13.2. The van der Waals surface area contributed by atoms with Gasteiger partial charge < -0.3 is 9.47 Å². The first-order valence-electron chi connectivity index (χ1n) is 20.5. The first-order valence-corrected chi connectivity index (χ1v) is 22.9. The number of thiophene rings is 2. The maximum atomic E-state index is 13.3. The Morgan fingerprint density at radius 2 is 1.12 bits per heavy atom. The average Bonchev–Trinajstić information content (AvgIpc) is 3.97. The van der Waals surface area contributed by atoms with Crippen LogP contribution < -0.4 is 4.74 Å². The monoisotopic (exact) mass is 933 g/mol. The number of methoxy groups -OCH3 is 2. The quantitative estimate of drug-likeness (QED) is 0.123. The summed E-state index contributed by atoms with van der Waals surface area (Å²) in [5.74, 6) is 3.34. The van der Waals surface area contributed by atoms with Crippen LogP contribution in [0, 0.1) is 41.5 Å². The number of carbonyl (C=O) groups excluding carboxylic acids is 2. The van der Waals surface area contributed by atoms with Crippen molar-refractivity contribution in [2.24, 2.45) is 9.98 Å². The van der Waals surface area contributed by atoms with Gasteiger partial charge >= 0.3 is 0 Å². The highest BCUT2D eigenvalue weighted by Crippen LogP contribution is 2.41. The molecule has 0 N–H and O–H groups in total. The predicted octanol–water partition coefficient (Wildman–Crippen LogP) is 9.81. The molecular weight excluding hydrogens is 890 g/mol. The van der Waals surface area contributed by atoms with Crippen LogP contribution in [0.25, 0.3) is 10.0 Å². The number of benzene rings is 2. The fraction of sp³-hybridized carbons (Fsp3) is 0.298. The van der Waals surface area contributed by atoms with E-state index in [0.29, 0.717) is 27.6 Å². The summed E-state index contributed by atoms with van der Waals surface area (Å²) in [6.07, 6.45) is 2.23. The van der Waals surface area contributed by atoms with E-state index in [4.69, 9.17) is 42.7 Å². The number of carbonyl (C=O) groups is 2. The van der Waals surface area contributed by atoms with Crippen LogP contribution in [0.4, 0.5) is 0 Å². The molecular formula is C47H45Cl2N9O4S2. The molecule has 64 heavy (non-hydrogen) atoms. The zero-order chi connectivity index (χ0) is 45.4. The smallest absolute Gasteiger partial charge is 0.216 e. The Hall–Kier alpha value is -5.71. The number of rotatable bonds is 11. The number of ether oxygens (including phenoxy) is 2. The van der Waals surface area contributed by atoms with Crippen molar-refractivity contribution in [3.63, 3.8) is 0 Å². The fourth-order valence-corrected chi connectivity index (χ4v) is 10.6. The number of hydrogen-bond donors (Lipinski definition) is 0. The summed E-state index contributed by atoms with van der Waals surface area (Å²) in [7, 11) is 3.07. The third-order valence-electron chi connectivity index (χ3n) is 11.3. The van der Waals surface area contributed by atoms with Gasteiger partial charge in [0.2, 0.25) is 5.88 Å². The number of aryl methyl sites for hydroxylation is 4. The van der Waals surface area contributed by atoms with E-state index in [1.807, 2.05) is 73.0 Å². The van der Waals surface area contributed by atoms with Crippen molar-refractivity contribution in [2.75, 3.05) is 20.8 Å². The topological polar surface area (TPSA) is 152 Å². The van der Waals surface area contributed by atoms with Crippen molar-refractivity contribution >= 4 is 68.9 Å². The highest BCUT2D eigenvalue weighted by atomic mass is 35.5. The van der Waals surface area contributed by atoms with E-state index in [9.17, 15) is 9.59 Å². The van der Waals surface area contributed by atoms with Gasteiger partial charge in [0.1, 0.15) is 46.1 Å². The minimum atomic E-state index is -0.489. The summed E-state index contributed by atoms with van der Waals surface area (Å²) in [6, 6.07) is 18.0. The minimum Gasteiger partial charge on any atom is -0.481 e. The number of fused-ring (bicyclic) bond motifs is 6. The molecule has 0 spiro atoms. The predicted molar refractivity (Wildman–Crippen MR) is 252 cm³/mol. The Balaban J connectivity index is 0.000000178. The molecule has 0 radical (unpaired) electrons. The average molecular weight is 935 g/mol. The lowest BCUT2D eigenvalue weighted by Gasteiger charge is -2.13. The standard InChI is InChI=1S/C26H24ClN5O2S.C21H21ClN4O2S/c1-14-15(2)35-26-22(14)23(17-7-9-19(27)10-8-17)29-21(24-31-30-16(3)32(24)26)13-20(33)12-18-6-5-11-28-25(18)34-4;1-11-12(2)29-21-18(11)19(14-5-7-15(22)8-6-14)23-17(9-16(27)10-28-4)20-25-24-13(3)26(20)21/h5-11,21H,12-13H2,1-4H3;5-8,17H,9-10H2,1-4H3/t21-;17-/m00/s1. The van der Waals surface area contributed by atoms with Crippen LogP contribution in [-0.2, 0) is 20.7 Å². The van der Waals surface area contributed by atoms with Gasteiger partial charge in [-0.25, -0.2) is 4.98 Å². The second-order valence-corrected chi connectivity index (χ2v) is 18.9. The summed E-state index contributed by atoms with van der Waals surface area (Å²) < 4.78 is 14.4. The molecule has 0 amide bonds. The molecule has 0 bridgehead atoms. The third kappa shape index (κ3) is 8.74. The van der Waals surface area contributed by atoms with Crippen LogP contribution in [0.5, 0.6) is 5.88 Å². The zero-order valence-corrected chi connectivity index (χ0v) is 39.7. The van der Waals surface area contributed by atoms with E-state index >= 15 is 0 Å². The van der Waals surface area contributed by atoms with Gasteiger partial charge in [0.05, 0.1) is 18.5 Å². The Morgan fingerprint density at radius 3 is 1.58 bits per heavy atom. The van der Waals surface area contributed by atoms with Crippen molar-refractivity contribution in [3.05, 3.63) is 149 Å². The molecule has 5 aromatic heterocycles. The number of Topliss-reactive ketones (excluding diaryl/α,β-unsaturated/α-hetero) is 2. The Labute approximate surface area is 388 Å². The van der Waals surface area contributed by atoms with Gasteiger partial charge in [0.25, 0.3) is 0 Å². The molecule has 0 saturated carbocycles. The van der Waals surface area contributed by atoms with Crippen LogP contribution in [0.15, 0.2) is 76.8 Å². The van der Waals surface area contributed by atoms with Gasteiger partial charge in [-0.05, 0) is 83.0 Å². The molecule has 2 aliphatic heterocycles. The van der Waals surface area contributed by atoms with Gasteiger partial charge in [0, 0.05) is 80.2 Å². The van der Waals surface area contributed by atoms with Gasteiger partial charge in [-0.1, -0.05) is 53.5 Å². The number of nitrogens with zero attached hydrogens (tertiary/aromatic N) is 9. The lowest BCUT2D eigenvalue weighted by molar-refractivity contribution is -0.123. The molecule has 7 aromatic rings. The summed E-state index contributed by atoms with van der Waals surface area (Å²) in [4.78, 5) is 42.5. The SMILES string of the molecule is COCC(=O)C[C@@H]1N=C(c2ccc(Cl)cc2)c2c(sc(C)c2C)-n2c(C)nnc21.COc1ncccc1CC(=O)C[C@@H]1N=C(c2ccc(Cl)cc2)c2c(sc(C)c2C)-n2c(C)nnc21. The molecule has 328 valence electrons. The molecule has 7 heterocycles. The van der Waals surface area contributed by atoms with E-state index in [0.717, 1.165) is 66.5 Å². The molecule has 9 rings (SSSR count). The third-order valence-corrected chi connectivity index (χ3v) is 14.2. The lowest BCUT2D eigenvalue weighted by Crippen LogP contribution is -2.14. The van der Waals surface area contributed by atoms with Crippen LogP contribution in [-0.4, -0.2) is 78.3 Å². The fourth-order valence-electron chi connectivity index (χ4n) is 7.94. The van der Waals surface area contributed by atoms with E-state index in [1.165, 1.54) is 22.4 Å². The Morgan fingerprint density at radius 1 is 0.656 bits per heavy atom. The van der Waals surface area contributed by atoms with Crippen molar-refractivity contribution in [1.82, 2.24) is 34.5 Å². The van der Waals surface area contributed by atoms with E-state index in [2.05, 4.69) is 57.6 Å². The highest BCUT2D eigenvalue weighted by Gasteiger charge is 2.34. The second kappa shape index (κ2) is 18.8. The zero-order valence-electron chi connectivity index (χ0n) is 36.6. The van der Waals surface area contributed by atoms with Gasteiger partial charge in [-0.2, -0.15) is 0 Å². The molecule has 0 saturated heterocycles. The van der Waals surface area contributed by atoms with Crippen LogP contribution in [0.2, 0.25) is 10.0 Å². The molecule has 2 aliphatic rings. The molecule has 0 fully saturated rings. The largest absolute Gasteiger partial charge is 0.481 e. The minimum absolute atomic E-state index is 0.0193. The van der Waals surface area contributed by atoms with Crippen LogP contribution in [0.3, 0.4) is 0 Å². The van der Waals surface area contributed by atoms with Gasteiger partial charge in [0.15, 0.2) is 17.4 Å². The van der Waals surface area contributed by atoms with Gasteiger partial charge in [-0.15, -0.1) is 43.1 Å². The van der Waals surface area contributed by atoms with E-state index < -0.39 is 12.1 Å². The summed E-state index contributed by atoms with van der Waals surface area (Å²) in [5.41, 5.74) is 8.75. The maximum Gasteiger partial charge on any atom is 0.216 e. The Bertz CT molecular complexity index is 2970. The molecule has 2 aromatic carbocycles. The highest BCUT2D eigenvalue weighted by molar-refractivity contribution is 7.15. The molecule has 2 atom stereocenters. The maximum absolute atomic E-state index is 13.3. The summed E-state index contributed by atoms with van der Waals surface area (Å²) in [6.45, 7) is 12.3. The number of ketones is 2. The number of aliphatic imine (C=N–C) groups is 2. The first kappa shape index (κ1) is 44.9. The van der Waals surface area contributed by atoms with E-state index in [1.54, 1.807) is 42.0 Å². The molecule has 0 aliphatic carbocycles. The molecule has 0 unspecified atom stereocenters.